The van der Waals surface area contributed by atoms with Gasteiger partial charge in [0.15, 0.2) is 0 Å². The summed E-state index contributed by atoms with van der Waals surface area (Å²) in [4.78, 5) is 29.3. The molecule has 0 aromatic rings. The molecule has 24 heavy (non-hydrogen) atoms. The Kier molecular flexibility index (Phi) is 6.67. The summed E-state index contributed by atoms with van der Waals surface area (Å²) in [5, 5.41) is 3.26. The number of nitrogens with zero attached hydrogens (tertiary/aromatic N) is 2. The van der Waals surface area contributed by atoms with Gasteiger partial charge < -0.3 is 10.2 Å². The van der Waals surface area contributed by atoms with Crippen molar-refractivity contribution in [1.29, 1.82) is 0 Å². The van der Waals surface area contributed by atoms with Gasteiger partial charge in [-0.25, -0.2) is 0 Å². The summed E-state index contributed by atoms with van der Waals surface area (Å²) in [6.07, 6.45) is 6.83. The van der Waals surface area contributed by atoms with E-state index in [0.717, 1.165) is 45.4 Å². The molecular formula is C19H35N3O2. The summed E-state index contributed by atoms with van der Waals surface area (Å²) >= 11 is 0. The third kappa shape index (κ3) is 4.95. The van der Waals surface area contributed by atoms with Crippen LogP contribution in [0.5, 0.6) is 0 Å². The zero-order chi connectivity index (χ0) is 17.7. The van der Waals surface area contributed by atoms with E-state index in [0.29, 0.717) is 6.04 Å². The zero-order valence-electron chi connectivity index (χ0n) is 15.9. The molecule has 1 atom stereocenters. The number of carbonyl (C=O) groups excluding carboxylic acids is 2. The van der Waals surface area contributed by atoms with E-state index in [1.807, 2.05) is 25.7 Å². The smallest absolute Gasteiger partial charge is 0.237 e. The van der Waals surface area contributed by atoms with Crippen LogP contribution in [0.4, 0.5) is 0 Å². The third-order valence-corrected chi connectivity index (χ3v) is 5.32. The fraction of sp³-hybridized carbons (Fsp3) is 0.895. The summed E-state index contributed by atoms with van der Waals surface area (Å²) < 4.78 is 0. The largest absolute Gasteiger partial charge is 0.352 e. The lowest BCUT2D eigenvalue weighted by molar-refractivity contribution is -0.142. The Hall–Kier alpha value is -1.10. The second-order valence-electron chi connectivity index (χ2n) is 8.35. The Morgan fingerprint density at radius 2 is 1.62 bits per heavy atom. The molecule has 5 heteroatoms. The van der Waals surface area contributed by atoms with Crippen LogP contribution in [-0.2, 0) is 9.59 Å². The van der Waals surface area contributed by atoms with Crippen molar-refractivity contribution in [2.24, 2.45) is 5.41 Å². The Morgan fingerprint density at radius 1 is 1.04 bits per heavy atom. The molecule has 1 N–H and O–H groups in total. The van der Waals surface area contributed by atoms with Crippen LogP contribution >= 0.6 is 0 Å². The van der Waals surface area contributed by atoms with Gasteiger partial charge in [0, 0.05) is 37.6 Å². The number of amides is 2. The van der Waals surface area contributed by atoms with Crippen LogP contribution in [-0.4, -0.2) is 59.9 Å². The molecule has 0 bridgehead atoms. The third-order valence-electron chi connectivity index (χ3n) is 5.32. The average molecular weight is 338 g/mol. The molecule has 0 aromatic carbocycles. The van der Waals surface area contributed by atoms with Crippen molar-refractivity contribution in [3.63, 3.8) is 0 Å². The predicted molar refractivity (Wildman–Crippen MR) is 96.7 cm³/mol. The molecule has 2 aliphatic rings. The molecule has 0 radical (unpaired) electrons. The van der Waals surface area contributed by atoms with Crippen LogP contribution in [0, 0.1) is 5.41 Å². The molecule has 0 aromatic heterocycles. The van der Waals surface area contributed by atoms with Crippen molar-refractivity contribution in [1.82, 2.24) is 15.1 Å². The minimum absolute atomic E-state index is 0.0567. The van der Waals surface area contributed by atoms with Gasteiger partial charge in [0.05, 0.1) is 6.04 Å². The second-order valence-corrected chi connectivity index (χ2v) is 8.35. The minimum atomic E-state index is -0.329. The molecule has 1 aliphatic carbocycles. The number of carbonyl (C=O) groups is 2. The first-order valence-electron chi connectivity index (χ1n) is 9.66. The lowest BCUT2D eigenvalue weighted by Crippen LogP contribution is -2.57. The maximum absolute atomic E-state index is 12.7. The van der Waals surface area contributed by atoms with Crippen molar-refractivity contribution < 1.29 is 9.59 Å². The number of piperazine rings is 1. The van der Waals surface area contributed by atoms with Crippen molar-refractivity contribution in [3.8, 4) is 0 Å². The first-order chi connectivity index (χ1) is 11.3. The van der Waals surface area contributed by atoms with Gasteiger partial charge in [0.1, 0.15) is 0 Å². The molecule has 138 valence electrons. The highest BCUT2D eigenvalue weighted by atomic mass is 16.2. The van der Waals surface area contributed by atoms with Crippen molar-refractivity contribution in [3.05, 3.63) is 0 Å². The van der Waals surface area contributed by atoms with E-state index >= 15 is 0 Å². The van der Waals surface area contributed by atoms with Gasteiger partial charge in [-0.2, -0.15) is 0 Å². The number of hydrogen-bond acceptors (Lipinski definition) is 3. The molecule has 1 saturated carbocycles. The van der Waals surface area contributed by atoms with Gasteiger partial charge in [-0.3, -0.25) is 14.5 Å². The van der Waals surface area contributed by atoms with Gasteiger partial charge >= 0.3 is 0 Å². The summed E-state index contributed by atoms with van der Waals surface area (Å²) in [5.41, 5.74) is -0.329. The Bertz CT molecular complexity index is 430. The zero-order valence-corrected chi connectivity index (χ0v) is 15.9. The Balaban J connectivity index is 1.86. The second kappa shape index (κ2) is 8.32. The van der Waals surface area contributed by atoms with Crippen LogP contribution in [0.15, 0.2) is 0 Å². The van der Waals surface area contributed by atoms with Crippen LogP contribution in [0.2, 0.25) is 0 Å². The number of hydrogen-bond donors (Lipinski definition) is 1. The number of rotatable bonds is 4. The van der Waals surface area contributed by atoms with E-state index in [2.05, 4.69) is 17.1 Å². The summed E-state index contributed by atoms with van der Waals surface area (Å²) in [7, 11) is 0. The Morgan fingerprint density at radius 3 is 2.12 bits per heavy atom. The predicted octanol–water partition coefficient (Wildman–Crippen LogP) is 2.40. The molecule has 1 unspecified atom stereocenters. The monoisotopic (exact) mass is 337 g/mol. The molecule has 1 aliphatic heterocycles. The first-order valence-corrected chi connectivity index (χ1v) is 9.66. The highest BCUT2D eigenvalue weighted by Gasteiger charge is 2.33. The molecule has 2 amide bonds. The minimum Gasteiger partial charge on any atom is -0.352 e. The standard InChI is InChI=1S/C19H35N3O2/c1-5-16(17(23)20-15-9-7-6-8-10-15)21-11-13-22(14-12-21)18(24)19(2,3)4/h15-16H,5-14H2,1-4H3,(H,20,23). The molecule has 5 nitrogen and oxygen atoms in total. The molecule has 1 saturated heterocycles. The van der Waals surface area contributed by atoms with Gasteiger partial charge in [0.25, 0.3) is 0 Å². The molecule has 2 rings (SSSR count). The van der Waals surface area contributed by atoms with E-state index in [1.54, 1.807) is 0 Å². The maximum Gasteiger partial charge on any atom is 0.237 e. The SMILES string of the molecule is CCC(C(=O)NC1CCCCC1)N1CCN(C(=O)C(C)(C)C)CC1. The maximum atomic E-state index is 12.7. The van der Waals surface area contributed by atoms with Crippen molar-refractivity contribution in [2.45, 2.75) is 78.3 Å². The molecule has 0 spiro atoms. The highest BCUT2D eigenvalue weighted by Crippen LogP contribution is 2.21. The highest BCUT2D eigenvalue weighted by molar-refractivity contribution is 5.83. The molecule has 1 heterocycles. The van der Waals surface area contributed by atoms with Gasteiger partial charge in [-0.05, 0) is 19.3 Å². The quantitative estimate of drug-likeness (QED) is 0.857. The average Bonchev–Trinajstić information content (AvgIpc) is 2.55. The van der Waals surface area contributed by atoms with Crippen molar-refractivity contribution in [2.75, 3.05) is 26.2 Å². The normalized spacial score (nSPS) is 22.2. The fourth-order valence-corrected chi connectivity index (χ4v) is 3.86. The first kappa shape index (κ1) is 19.2. The van der Waals surface area contributed by atoms with Crippen LogP contribution in [0.3, 0.4) is 0 Å². The van der Waals surface area contributed by atoms with E-state index < -0.39 is 0 Å². The van der Waals surface area contributed by atoms with Gasteiger partial charge in [-0.15, -0.1) is 0 Å². The van der Waals surface area contributed by atoms with E-state index in [-0.39, 0.29) is 23.3 Å². The lowest BCUT2D eigenvalue weighted by atomic mass is 9.94. The summed E-state index contributed by atoms with van der Waals surface area (Å²) in [6, 6.07) is 0.308. The topological polar surface area (TPSA) is 52.7 Å². The van der Waals surface area contributed by atoms with Crippen molar-refractivity contribution >= 4 is 11.8 Å². The molecular weight excluding hydrogens is 302 g/mol. The fourth-order valence-electron chi connectivity index (χ4n) is 3.86. The molecule has 2 fully saturated rings. The Labute approximate surface area is 147 Å². The van der Waals surface area contributed by atoms with Gasteiger partial charge in [0.2, 0.25) is 11.8 Å². The summed E-state index contributed by atoms with van der Waals surface area (Å²) in [5.74, 6) is 0.391. The van der Waals surface area contributed by atoms with E-state index in [1.165, 1.54) is 19.3 Å². The van der Waals surface area contributed by atoms with E-state index in [4.69, 9.17) is 0 Å². The van der Waals surface area contributed by atoms with E-state index in [9.17, 15) is 9.59 Å². The number of nitrogens with one attached hydrogen (secondary N) is 1. The summed E-state index contributed by atoms with van der Waals surface area (Å²) in [6.45, 7) is 11.0. The van der Waals surface area contributed by atoms with Crippen LogP contribution < -0.4 is 5.32 Å². The van der Waals surface area contributed by atoms with Crippen LogP contribution in [0.1, 0.15) is 66.2 Å². The lowest BCUT2D eigenvalue weighted by Gasteiger charge is -2.40. The van der Waals surface area contributed by atoms with Crippen LogP contribution in [0.25, 0.3) is 0 Å². The van der Waals surface area contributed by atoms with Gasteiger partial charge in [-0.1, -0.05) is 47.0 Å².